The quantitative estimate of drug-likeness (QED) is 0.277. The zero-order valence-electron chi connectivity index (χ0n) is 9.58. The lowest BCUT2D eigenvalue weighted by molar-refractivity contribution is 0.319. The molecule has 0 atom stereocenters. The molecular formula is C8H9Cl3N6OS2. The van der Waals surface area contributed by atoms with Crippen molar-refractivity contribution in [3.05, 3.63) is 31.1 Å². The highest BCUT2D eigenvalue weighted by molar-refractivity contribution is 7.12. The van der Waals surface area contributed by atoms with Crippen LogP contribution in [0, 0.1) is 5.41 Å². The van der Waals surface area contributed by atoms with Crippen LogP contribution in [0.5, 0.6) is 0 Å². The van der Waals surface area contributed by atoms with Crippen molar-refractivity contribution in [2.24, 2.45) is 16.6 Å². The average Bonchev–Trinajstić information content (AvgIpc) is 2.97. The van der Waals surface area contributed by atoms with Crippen LogP contribution in [0.4, 0.5) is 0 Å². The normalized spacial score (nSPS) is 10.2. The van der Waals surface area contributed by atoms with Crippen molar-refractivity contribution < 1.29 is 5.21 Å². The van der Waals surface area contributed by atoms with Crippen molar-refractivity contribution >= 4 is 70.0 Å². The van der Waals surface area contributed by atoms with Crippen LogP contribution in [0.3, 0.4) is 0 Å². The molecular weight excluding hydrogens is 367 g/mol. The van der Waals surface area contributed by atoms with Crippen molar-refractivity contribution in [2.75, 3.05) is 0 Å². The fourth-order valence-corrected chi connectivity index (χ4v) is 2.65. The maximum absolute atomic E-state index is 8.21. The monoisotopic (exact) mass is 374 g/mol. The number of nitrogens with zero attached hydrogens (tertiary/aromatic N) is 3. The Balaban J connectivity index is 0.000000345. The Hall–Kier alpha value is -1.13. The number of nitrogen functional groups attached to an aromatic ring is 1. The lowest BCUT2D eigenvalue weighted by Crippen LogP contribution is -2.11. The second-order valence-electron chi connectivity index (χ2n) is 2.84. The minimum Gasteiger partial charge on any atom is -0.409 e. The number of nitrogens with one attached hydrogen (secondary N) is 1. The van der Waals surface area contributed by atoms with E-state index in [1.165, 1.54) is 28.2 Å². The van der Waals surface area contributed by atoms with Crippen LogP contribution in [0.15, 0.2) is 16.2 Å². The number of aromatic nitrogens is 2. The van der Waals surface area contributed by atoms with Gasteiger partial charge in [0.15, 0.2) is 16.1 Å². The Labute approximate surface area is 138 Å². The molecule has 0 radical (unpaired) electrons. The second kappa shape index (κ2) is 8.93. The highest BCUT2D eigenvalue weighted by atomic mass is 35.5. The highest BCUT2D eigenvalue weighted by Gasteiger charge is 2.06. The van der Waals surface area contributed by atoms with Crippen molar-refractivity contribution in [2.45, 2.75) is 0 Å². The fraction of sp³-hybridized carbons (Fsp3) is 0. The molecule has 20 heavy (non-hydrogen) atoms. The molecule has 2 heterocycles. The number of amidine groups is 2. The van der Waals surface area contributed by atoms with E-state index < -0.39 is 0 Å². The number of halogens is 3. The Kier molecular flexibility index (Phi) is 8.42. The van der Waals surface area contributed by atoms with E-state index in [-0.39, 0.29) is 29.2 Å². The van der Waals surface area contributed by atoms with Gasteiger partial charge in [0.2, 0.25) is 0 Å². The van der Waals surface area contributed by atoms with Crippen LogP contribution in [-0.2, 0) is 0 Å². The molecule has 2 aromatic rings. The first-order chi connectivity index (χ1) is 8.97. The largest absolute Gasteiger partial charge is 0.409 e. The van der Waals surface area contributed by atoms with E-state index in [9.17, 15) is 0 Å². The van der Waals surface area contributed by atoms with Crippen molar-refractivity contribution in [3.8, 4) is 0 Å². The number of thiazole rings is 2. The van der Waals surface area contributed by atoms with E-state index in [1.54, 1.807) is 5.51 Å². The number of hydrogen-bond donors (Lipinski definition) is 4. The van der Waals surface area contributed by atoms with E-state index in [2.05, 4.69) is 15.1 Å². The Morgan fingerprint density at radius 3 is 1.85 bits per heavy atom. The molecule has 0 aliphatic heterocycles. The third kappa shape index (κ3) is 5.10. The number of nitrogens with two attached hydrogens (primary N) is 2. The lowest BCUT2D eigenvalue weighted by atomic mass is 10.5. The summed E-state index contributed by atoms with van der Waals surface area (Å²) >= 11 is 13.5. The first kappa shape index (κ1) is 18.9. The van der Waals surface area contributed by atoms with Crippen LogP contribution in [0.25, 0.3) is 0 Å². The summed E-state index contributed by atoms with van der Waals surface area (Å²) in [5.74, 6) is -0.0324. The van der Waals surface area contributed by atoms with Gasteiger partial charge in [0.05, 0.1) is 11.0 Å². The number of oxime groups is 1. The van der Waals surface area contributed by atoms with E-state index in [4.69, 9.17) is 45.3 Å². The predicted molar refractivity (Wildman–Crippen MR) is 85.0 cm³/mol. The summed E-state index contributed by atoms with van der Waals surface area (Å²) in [6.07, 6.45) is 0. The molecule has 6 N–H and O–H groups in total. The molecule has 0 saturated heterocycles. The zero-order valence-corrected chi connectivity index (χ0v) is 13.5. The minimum absolute atomic E-state index is 0. The number of rotatable bonds is 2. The van der Waals surface area contributed by atoms with Gasteiger partial charge < -0.3 is 16.7 Å². The molecule has 7 nitrogen and oxygen atoms in total. The Morgan fingerprint density at radius 2 is 1.60 bits per heavy atom. The minimum atomic E-state index is -0.0255. The topological polar surface area (TPSA) is 134 Å². The summed E-state index contributed by atoms with van der Waals surface area (Å²) in [4.78, 5) is 8.43. The summed E-state index contributed by atoms with van der Waals surface area (Å²) in [5.41, 5.74) is 13.4. The summed E-state index contributed by atoms with van der Waals surface area (Å²) in [5, 5.41) is 18.5. The van der Waals surface area contributed by atoms with Crippen LogP contribution < -0.4 is 11.5 Å². The van der Waals surface area contributed by atoms with Gasteiger partial charge in [-0.3, -0.25) is 5.41 Å². The molecule has 110 valence electrons. The Bertz CT molecular complexity index is 599. The SMILES string of the molecule is Cl.N=C(N)c1scnc1Cl.NC(=NO)c1scnc1Cl. The molecule has 0 unspecified atom stereocenters. The summed E-state index contributed by atoms with van der Waals surface area (Å²) in [6.45, 7) is 0. The third-order valence-corrected chi connectivity index (χ3v) is 4.14. The molecule has 0 aliphatic carbocycles. The molecule has 2 rings (SSSR count). The zero-order chi connectivity index (χ0) is 14.4. The van der Waals surface area contributed by atoms with E-state index in [0.717, 1.165) is 0 Å². The summed E-state index contributed by atoms with van der Waals surface area (Å²) < 4.78 is 0. The lowest BCUT2D eigenvalue weighted by Gasteiger charge is -1.89. The van der Waals surface area contributed by atoms with Gasteiger partial charge in [-0.2, -0.15) is 0 Å². The molecule has 0 aromatic carbocycles. The molecule has 0 spiro atoms. The van der Waals surface area contributed by atoms with Crippen LogP contribution in [0.1, 0.15) is 9.75 Å². The highest BCUT2D eigenvalue weighted by Crippen LogP contribution is 2.17. The van der Waals surface area contributed by atoms with Gasteiger partial charge in [-0.25, -0.2) is 9.97 Å². The van der Waals surface area contributed by atoms with Gasteiger partial charge in [0.1, 0.15) is 15.6 Å². The maximum atomic E-state index is 8.21. The standard InChI is InChI=1S/C4H4ClN3OS.C4H4ClN3S.ClH/c5-3-2(4(6)8-9)10-1-7-3;5-3-2(4(6)7)9-1-8-3;/h1,9H,(H2,6,8);1H,(H3,6,7);1H. The van der Waals surface area contributed by atoms with Crippen molar-refractivity contribution in [3.63, 3.8) is 0 Å². The van der Waals surface area contributed by atoms with E-state index in [0.29, 0.717) is 14.9 Å². The smallest absolute Gasteiger partial charge is 0.183 e. The maximum Gasteiger partial charge on any atom is 0.183 e. The van der Waals surface area contributed by atoms with Crippen molar-refractivity contribution in [1.29, 1.82) is 5.41 Å². The number of hydrogen-bond acceptors (Lipinski definition) is 7. The van der Waals surface area contributed by atoms with Crippen LogP contribution >= 0.6 is 58.3 Å². The van der Waals surface area contributed by atoms with Gasteiger partial charge in [0.25, 0.3) is 0 Å². The third-order valence-electron chi connectivity index (χ3n) is 1.63. The molecule has 0 fully saturated rings. The molecule has 0 aliphatic rings. The molecule has 0 amide bonds. The first-order valence-electron chi connectivity index (χ1n) is 4.47. The first-order valence-corrected chi connectivity index (χ1v) is 6.99. The van der Waals surface area contributed by atoms with E-state index >= 15 is 0 Å². The van der Waals surface area contributed by atoms with E-state index in [1.807, 2.05) is 0 Å². The molecule has 12 heteroatoms. The molecule has 0 bridgehead atoms. The van der Waals surface area contributed by atoms with Crippen LogP contribution in [-0.4, -0.2) is 26.8 Å². The molecule has 0 saturated carbocycles. The average molecular weight is 376 g/mol. The predicted octanol–water partition coefficient (Wildman–Crippen LogP) is 2.39. The van der Waals surface area contributed by atoms with Crippen molar-refractivity contribution in [1.82, 2.24) is 9.97 Å². The molecule has 2 aromatic heterocycles. The summed E-state index contributed by atoms with van der Waals surface area (Å²) in [7, 11) is 0. The fourth-order valence-electron chi connectivity index (χ4n) is 0.851. The van der Waals surface area contributed by atoms with Gasteiger partial charge in [-0.15, -0.1) is 35.1 Å². The summed E-state index contributed by atoms with van der Waals surface area (Å²) in [6, 6.07) is 0. The van der Waals surface area contributed by atoms with Gasteiger partial charge in [-0.1, -0.05) is 28.4 Å². The van der Waals surface area contributed by atoms with Gasteiger partial charge >= 0.3 is 0 Å². The van der Waals surface area contributed by atoms with Crippen LogP contribution in [0.2, 0.25) is 10.3 Å². The van der Waals surface area contributed by atoms with Gasteiger partial charge in [0, 0.05) is 0 Å². The second-order valence-corrected chi connectivity index (χ2v) is 5.27. The Morgan fingerprint density at radius 1 is 1.15 bits per heavy atom. The van der Waals surface area contributed by atoms with Gasteiger partial charge in [-0.05, 0) is 0 Å².